The van der Waals surface area contributed by atoms with Gasteiger partial charge in [0, 0.05) is 24.4 Å². The Balaban J connectivity index is 1.40. The first-order valence-corrected chi connectivity index (χ1v) is 12.2. The maximum Gasteiger partial charge on any atom is 0.223 e. The van der Waals surface area contributed by atoms with Crippen molar-refractivity contribution in [3.63, 3.8) is 0 Å². The fourth-order valence-corrected chi connectivity index (χ4v) is 6.29. The first kappa shape index (κ1) is 23.2. The van der Waals surface area contributed by atoms with E-state index in [1.54, 1.807) is 12.1 Å². The number of hydrogen-bond acceptors (Lipinski definition) is 3. The summed E-state index contributed by atoms with van der Waals surface area (Å²) in [5, 5.41) is 17.7. The Morgan fingerprint density at radius 2 is 1.81 bits per heavy atom. The average Bonchev–Trinajstić information content (AvgIpc) is 3.60. The van der Waals surface area contributed by atoms with E-state index >= 15 is 0 Å². The number of carbonyl (C=O) groups excluding carboxylic acids is 2. The molecule has 3 saturated carbocycles. The molecule has 0 saturated heterocycles. The fourth-order valence-electron chi connectivity index (χ4n) is 6.29. The van der Waals surface area contributed by atoms with Gasteiger partial charge in [-0.3, -0.25) is 9.59 Å². The third-order valence-electron chi connectivity index (χ3n) is 8.60. The molecule has 1 aromatic carbocycles. The molecule has 0 radical (unpaired) electrons. The molecule has 2 amide bonds. The molecular weight excluding hydrogens is 407 g/mol. The monoisotopic (exact) mass is 444 g/mol. The molecule has 0 unspecified atom stereocenters. The maximum absolute atomic E-state index is 13.1. The zero-order chi connectivity index (χ0) is 23.0. The van der Waals surface area contributed by atoms with Gasteiger partial charge in [0.25, 0.3) is 0 Å². The van der Waals surface area contributed by atoms with Gasteiger partial charge in [-0.1, -0.05) is 32.9 Å². The van der Waals surface area contributed by atoms with Crippen LogP contribution in [-0.4, -0.2) is 29.1 Å². The first-order valence-electron chi connectivity index (χ1n) is 12.2. The van der Waals surface area contributed by atoms with Crippen molar-refractivity contribution in [2.45, 2.75) is 78.0 Å². The van der Waals surface area contributed by atoms with Gasteiger partial charge in [0.2, 0.25) is 11.8 Å². The molecule has 3 N–H and O–H groups in total. The van der Waals surface area contributed by atoms with Crippen LogP contribution in [0.1, 0.15) is 64.9 Å². The van der Waals surface area contributed by atoms with E-state index in [9.17, 15) is 19.1 Å². The Hall–Kier alpha value is -1.95. The molecule has 0 aliphatic heterocycles. The molecule has 3 aliphatic rings. The molecule has 3 fully saturated rings. The smallest absolute Gasteiger partial charge is 0.223 e. The summed E-state index contributed by atoms with van der Waals surface area (Å²) in [6.45, 7) is 6.67. The summed E-state index contributed by atoms with van der Waals surface area (Å²) < 4.78 is 13.1. The summed E-state index contributed by atoms with van der Waals surface area (Å²) >= 11 is 0. The lowest BCUT2D eigenvalue weighted by Gasteiger charge is -2.56. The fraction of sp³-hybridized carbons (Fsp3) is 0.692. The third kappa shape index (κ3) is 4.70. The van der Waals surface area contributed by atoms with E-state index in [4.69, 9.17) is 0 Å². The minimum Gasteiger partial charge on any atom is -0.392 e. The number of amides is 2. The van der Waals surface area contributed by atoms with Crippen LogP contribution in [-0.2, 0) is 16.1 Å². The van der Waals surface area contributed by atoms with Crippen molar-refractivity contribution in [1.82, 2.24) is 10.6 Å². The van der Waals surface area contributed by atoms with Crippen LogP contribution in [0.2, 0.25) is 0 Å². The first-order chi connectivity index (χ1) is 15.2. The van der Waals surface area contributed by atoms with E-state index in [0.29, 0.717) is 6.54 Å². The number of fused-ring (bicyclic) bond motifs is 1. The zero-order valence-electron chi connectivity index (χ0n) is 19.4. The summed E-state index contributed by atoms with van der Waals surface area (Å²) in [5.41, 5.74) is 0.888. The number of carbonyl (C=O) groups is 2. The summed E-state index contributed by atoms with van der Waals surface area (Å²) in [6, 6.07) is 6.21. The standard InChI is InChI=1S/C26H37FN2O3/c1-15(24(31)28-14-17-4-8-19(27)9-5-17)20-10-12-26(3)13-11-21(16(2)22(26)23(20)30)29-25(32)18-6-7-18/h4-5,8-9,15-16,18,20-23,30H,6-7,10-14H2,1-3H3,(H,28,31)(H,29,32)/t15-,16+,20+,21-,22+,23-,26-/m0/s1. The van der Waals surface area contributed by atoms with E-state index < -0.39 is 6.10 Å². The normalized spacial score (nSPS) is 35.5. The van der Waals surface area contributed by atoms with Crippen LogP contribution in [0.3, 0.4) is 0 Å². The minimum atomic E-state index is -0.573. The lowest BCUT2D eigenvalue weighted by Crippen LogP contribution is -2.58. The summed E-state index contributed by atoms with van der Waals surface area (Å²) in [5.74, 6) is -0.217. The second kappa shape index (κ2) is 9.12. The predicted octanol–water partition coefficient (Wildman–Crippen LogP) is 3.80. The largest absolute Gasteiger partial charge is 0.392 e. The molecule has 0 heterocycles. The second-order valence-electron chi connectivity index (χ2n) is 10.8. The molecule has 4 rings (SSSR count). The van der Waals surface area contributed by atoms with Gasteiger partial charge in [-0.2, -0.15) is 0 Å². The van der Waals surface area contributed by atoms with Crippen LogP contribution < -0.4 is 10.6 Å². The van der Waals surface area contributed by atoms with Crippen LogP contribution in [0.4, 0.5) is 4.39 Å². The van der Waals surface area contributed by atoms with E-state index in [2.05, 4.69) is 24.5 Å². The van der Waals surface area contributed by atoms with Crippen LogP contribution >= 0.6 is 0 Å². The highest BCUT2D eigenvalue weighted by Crippen LogP contribution is 2.55. The number of nitrogens with one attached hydrogen (secondary N) is 2. The Bertz CT molecular complexity index is 840. The predicted molar refractivity (Wildman–Crippen MR) is 121 cm³/mol. The van der Waals surface area contributed by atoms with Gasteiger partial charge in [-0.25, -0.2) is 4.39 Å². The van der Waals surface area contributed by atoms with Crippen LogP contribution in [0.15, 0.2) is 24.3 Å². The SMILES string of the molecule is C[C@H]1[C@@H]2[C@@H](O)[C@@H]([C@H](C)C(=O)NCc3ccc(F)cc3)CC[C@@]2(C)CC[C@@H]1NC(=O)C1CC1. The molecule has 5 nitrogen and oxygen atoms in total. The minimum absolute atomic E-state index is 0.0421. The van der Waals surface area contributed by atoms with E-state index in [0.717, 1.165) is 44.1 Å². The second-order valence-corrected chi connectivity index (χ2v) is 10.8. The Kier molecular flexibility index (Phi) is 6.62. The van der Waals surface area contributed by atoms with Gasteiger partial charge >= 0.3 is 0 Å². The van der Waals surface area contributed by atoms with Crippen LogP contribution in [0, 0.1) is 40.8 Å². The third-order valence-corrected chi connectivity index (χ3v) is 8.60. The number of halogens is 1. The Morgan fingerprint density at radius 1 is 1.16 bits per heavy atom. The quantitative estimate of drug-likeness (QED) is 0.625. The lowest BCUT2D eigenvalue weighted by molar-refractivity contribution is -0.144. The molecule has 7 atom stereocenters. The van der Waals surface area contributed by atoms with Crippen molar-refractivity contribution in [2.24, 2.45) is 35.0 Å². The molecule has 1 aromatic rings. The van der Waals surface area contributed by atoms with E-state index in [1.165, 1.54) is 12.1 Å². The van der Waals surface area contributed by atoms with Crippen molar-refractivity contribution in [3.8, 4) is 0 Å². The highest BCUT2D eigenvalue weighted by atomic mass is 19.1. The topological polar surface area (TPSA) is 78.4 Å². The van der Waals surface area contributed by atoms with Crippen molar-refractivity contribution in [3.05, 3.63) is 35.6 Å². The van der Waals surface area contributed by atoms with Crippen LogP contribution in [0.25, 0.3) is 0 Å². The van der Waals surface area contributed by atoms with E-state index in [1.807, 2.05) is 6.92 Å². The summed E-state index contributed by atoms with van der Waals surface area (Å²) in [4.78, 5) is 25.3. The Morgan fingerprint density at radius 3 is 2.47 bits per heavy atom. The molecule has 32 heavy (non-hydrogen) atoms. The average molecular weight is 445 g/mol. The highest BCUT2D eigenvalue weighted by Gasteiger charge is 2.54. The van der Waals surface area contributed by atoms with Crippen molar-refractivity contribution < 1.29 is 19.1 Å². The highest BCUT2D eigenvalue weighted by molar-refractivity contribution is 5.81. The summed E-state index contributed by atoms with van der Waals surface area (Å²) in [6.07, 6.45) is 5.17. The van der Waals surface area contributed by atoms with Gasteiger partial charge in [-0.15, -0.1) is 0 Å². The van der Waals surface area contributed by atoms with E-state index in [-0.39, 0.29) is 58.7 Å². The maximum atomic E-state index is 13.1. The molecular formula is C26H37FN2O3. The van der Waals surface area contributed by atoms with Crippen molar-refractivity contribution in [1.29, 1.82) is 0 Å². The van der Waals surface area contributed by atoms with Gasteiger partial charge in [-0.05, 0) is 79.4 Å². The van der Waals surface area contributed by atoms with Crippen molar-refractivity contribution >= 4 is 11.8 Å². The van der Waals surface area contributed by atoms with Crippen molar-refractivity contribution in [2.75, 3.05) is 0 Å². The number of benzene rings is 1. The van der Waals surface area contributed by atoms with Gasteiger partial charge < -0.3 is 15.7 Å². The molecule has 0 bridgehead atoms. The number of aliphatic hydroxyl groups is 1. The number of aliphatic hydroxyl groups excluding tert-OH is 1. The summed E-state index contributed by atoms with van der Waals surface area (Å²) in [7, 11) is 0. The Labute approximate surface area is 190 Å². The van der Waals surface area contributed by atoms with Gasteiger partial charge in [0.1, 0.15) is 5.82 Å². The van der Waals surface area contributed by atoms with Gasteiger partial charge in [0.15, 0.2) is 0 Å². The lowest BCUT2D eigenvalue weighted by atomic mass is 9.51. The number of hydrogen-bond donors (Lipinski definition) is 3. The molecule has 0 aromatic heterocycles. The molecule has 6 heteroatoms. The van der Waals surface area contributed by atoms with Gasteiger partial charge in [0.05, 0.1) is 6.10 Å². The zero-order valence-corrected chi connectivity index (χ0v) is 19.4. The molecule has 0 spiro atoms. The number of rotatable bonds is 6. The molecule has 176 valence electrons. The molecule has 3 aliphatic carbocycles. The van der Waals surface area contributed by atoms with Crippen LogP contribution in [0.5, 0.6) is 0 Å².